The minimum atomic E-state index is -4.42. The Morgan fingerprint density at radius 3 is 2.78 bits per heavy atom. The van der Waals surface area contributed by atoms with E-state index in [1.54, 1.807) is 0 Å². The van der Waals surface area contributed by atoms with E-state index in [0.717, 1.165) is 4.68 Å². The molecule has 0 unspecified atom stereocenters. The summed E-state index contributed by atoms with van der Waals surface area (Å²) in [5.74, 6) is -0.112. The predicted molar refractivity (Wildman–Crippen MR) is 57.3 cm³/mol. The highest BCUT2D eigenvalue weighted by molar-refractivity contribution is 5.79. The number of aromatic nitrogens is 2. The summed E-state index contributed by atoms with van der Waals surface area (Å²) in [6.45, 7) is -0.0439. The van der Waals surface area contributed by atoms with Crippen LogP contribution in [-0.4, -0.2) is 20.8 Å². The third kappa shape index (κ3) is 2.27. The predicted octanol–water partition coefficient (Wildman–Crippen LogP) is 1.53. The maximum Gasteiger partial charge on any atom is 0.433 e. The average Bonchev–Trinajstić information content (AvgIpc) is 2.82. The number of alkyl halides is 3. The van der Waals surface area contributed by atoms with Gasteiger partial charge in [0.2, 0.25) is 0 Å². The average molecular weight is 262 g/mol. The van der Waals surface area contributed by atoms with Crippen molar-refractivity contribution >= 4 is 5.84 Å². The molecule has 1 aromatic rings. The Kier molecular flexibility index (Phi) is 3.18. The van der Waals surface area contributed by atoms with E-state index in [-0.39, 0.29) is 18.8 Å². The lowest BCUT2D eigenvalue weighted by molar-refractivity contribution is -0.144. The SMILES string of the molecule is N/C(CCn1nc2c(c1C(F)(F)F)CCC2)=N\O. The first kappa shape index (κ1) is 12.7. The van der Waals surface area contributed by atoms with Crippen LogP contribution in [0.4, 0.5) is 13.2 Å². The van der Waals surface area contributed by atoms with Crippen LogP contribution >= 0.6 is 0 Å². The molecule has 0 fully saturated rings. The van der Waals surface area contributed by atoms with Crippen molar-refractivity contribution in [2.45, 2.75) is 38.4 Å². The fourth-order valence-electron chi connectivity index (χ4n) is 2.19. The molecule has 2 rings (SSSR count). The van der Waals surface area contributed by atoms with Gasteiger partial charge in [0, 0.05) is 18.5 Å². The van der Waals surface area contributed by atoms with Gasteiger partial charge in [-0.1, -0.05) is 5.16 Å². The third-order valence-corrected chi connectivity index (χ3v) is 2.95. The summed E-state index contributed by atoms with van der Waals surface area (Å²) in [7, 11) is 0. The van der Waals surface area contributed by atoms with Crippen LogP contribution in [0.1, 0.15) is 29.8 Å². The molecular formula is C10H13F3N4O. The number of amidine groups is 1. The number of aryl methyl sites for hydroxylation is 2. The highest BCUT2D eigenvalue weighted by atomic mass is 19.4. The number of nitrogens with two attached hydrogens (primary N) is 1. The molecule has 0 saturated carbocycles. The number of fused-ring (bicyclic) bond motifs is 1. The summed E-state index contributed by atoms with van der Waals surface area (Å²) >= 11 is 0. The standard InChI is InChI=1S/C10H13F3N4O/c11-10(12,13)9-6-2-1-3-7(6)15-17(9)5-4-8(14)16-18/h18H,1-5H2,(H2,14,16). The summed E-state index contributed by atoms with van der Waals surface area (Å²) < 4.78 is 39.8. The van der Waals surface area contributed by atoms with Gasteiger partial charge in [0.15, 0.2) is 0 Å². The topological polar surface area (TPSA) is 76.4 Å². The molecule has 18 heavy (non-hydrogen) atoms. The second kappa shape index (κ2) is 4.51. The van der Waals surface area contributed by atoms with Gasteiger partial charge in [0.1, 0.15) is 11.5 Å². The van der Waals surface area contributed by atoms with E-state index in [2.05, 4.69) is 10.3 Å². The van der Waals surface area contributed by atoms with E-state index in [0.29, 0.717) is 30.5 Å². The highest BCUT2D eigenvalue weighted by Gasteiger charge is 2.40. The fourth-order valence-corrected chi connectivity index (χ4v) is 2.19. The molecule has 1 aromatic heterocycles. The van der Waals surface area contributed by atoms with Gasteiger partial charge in [-0.05, 0) is 19.3 Å². The van der Waals surface area contributed by atoms with Crippen LogP contribution in [-0.2, 0) is 25.6 Å². The summed E-state index contributed by atoms with van der Waals surface area (Å²) in [5, 5.41) is 15.1. The Bertz CT molecular complexity index is 478. The molecule has 0 aliphatic heterocycles. The first-order valence-corrected chi connectivity index (χ1v) is 5.55. The van der Waals surface area contributed by atoms with Gasteiger partial charge < -0.3 is 10.9 Å². The van der Waals surface area contributed by atoms with Crippen molar-refractivity contribution in [1.82, 2.24) is 9.78 Å². The quantitative estimate of drug-likeness (QED) is 0.375. The van der Waals surface area contributed by atoms with Crippen LogP contribution in [0, 0.1) is 0 Å². The summed E-state index contributed by atoms with van der Waals surface area (Å²) in [6.07, 6.45) is -2.69. The van der Waals surface area contributed by atoms with Gasteiger partial charge in [-0.2, -0.15) is 18.3 Å². The third-order valence-electron chi connectivity index (χ3n) is 2.95. The zero-order valence-corrected chi connectivity index (χ0v) is 9.54. The number of hydrogen-bond acceptors (Lipinski definition) is 3. The van der Waals surface area contributed by atoms with Gasteiger partial charge >= 0.3 is 6.18 Å². The van der Waals surface area contributed by atoms with Crippen molar-refractivity contribution < 1.29 is 18.4 Å². The van der Waals surface area contributed by atoms with Crippen LogP contribution in [0.15, 0.2) is 5.16 Å². The largest absolute Gasteiger partial charge is 0.433 e. The minimum absolute atomic E-state index is 0.0279. The molecule has 0 amide bonds. The maximum atomic E-state index is 13.0. The Morgan fingerprint density at radius 2 is 2.17 bits per heavy atom. The first-order valence-electron chi connectivity index (χ1n) is 5.55. The Balaban J connectivity index is 2.30. The lowest BCUT2D eigenvalue weighted by atomic mass is 10.2. The maximum absolute atomic E-state index is 13.0. The first-order chi connectivity index (χ1) is 8.43. The highest BCUT2D eigenvalue weighted by Crippen LogP contribution is 2.37. The van der Waals surface area contributed by atoms with E-state index < -0.39 is 11.9 Å². The zero-order chi connectivity index (χ0) is 13.3. The molecule has 0 aromatic carbocycles. The van der Waals surface area contributed by atoms with Crippen LogP contribution in [0.5, 0.6) is 0 Å². The number of oxime groups is 1. The van der Waals surface area contributed by atoms with Crippen molar-refractivity contribution in [3.8, 4) is 0 Å². The van der Waals surface area contributed by atoms with Crippen LogP contribution in [0.2, 0.25) is 0 Å². The molecule has 1 aliphatic carbocycles. The number of hydrogen-bond donors (Lipinski definition) is 2. The van der Waals surface area contributed by atoms with E-state index >= 15 is 0 Å². The molecule has 8 heteroatoms. The number of rotatable bonds is 3. The molecular weight excluding hydrogens is 249 g/mol. The molecule has 0 spiro atoms. The molecule has 100 valence electrons. The Morgan fingerprint density at radius 1 is 1.44 bits per heavy atom. The van der Waals surface area contributed by atoms with E-state index in [1.807, 2.05) is 0 Å². The minimum Gasteiger partial charge on any atom is -0.409 e. The number of halogens is 3. The molecule has 3 N–H and O–H groups in total. The molecule has 0 bridgehead atoms. The van der Waals surface area contributed by atoms with Gasteiger partial charge in [-0.15, -0.1) is 0 Å². The smallest absolute Gasteiger partial charge is 0.409 e. The van der Waals surface area contributed by atoms with Crippen LogP contribution in [0.3, 0.4) is 0 Å². The Hall–Kier alpha value is -1.73. The van der Waals surface area contributed by atoms with E-state index in [9.17, 15) is 13.2 Å². The van der Waals surface area contributed by atoms with Gasteiger partial charge in [-0.25, -0.2) is 0 Å². The van der Waals surface area contributed by atoms with Gasteiger partial charge in [0.05, 0.1) is 5.69 Å². The second-order valence-electron chi connectivity index (χ2n) is 4.19. The van der Waals surface area contributed by atoms with Gasteiger partial charge in [0.25, 0.3) is 0 Å². The molecule has 0 atom stereocenters. The van der Waals surface area contributed by atoms with Crippen LogP contribution in [0.25, 0.3) is 0 Å². The fraction of sp³-hybridized carbons (Fsp3) is 0.600. The molecule has 1 heterocycles. The normalized spacial score (nSPS) is 16.1. The summed E-state index contributed by atoms with van der Waals surface area (Å²) in [4.78, 5) is 0. The van der Waals surface area contributed by atoms with Crippen molar-refractivity contribution in [2.75, 3.05) is 0 Å². The van der Waals surface area contributed by atoms with E-state index in [1.165, 1.54) is 0 Å². The lowest BCUT2D eigenvalue weighted by Gasteiger charge is -2.11. The van der Waals surface area contributed by atoms with Crippen molar-refractivity contribution in [3.63, 3.8) is 0 Å². The van der Waals surface area contributed by atoms with Gasteiger partial charge in [-0.3, -0.25) is 4.68 Å². The Labute approximate surface area is 101 Å². The molecule has 0 radical (unpaired) electrons. The monoisotopic (exact) mass is 262 g/mol. The summed E-state index contributed by atoms with van der Waals surface area (Å²) in [5.41, 5.74) is 5.36. The van der Waals surface area contributed by atoms with Crippen molar-refractivity contribution in [1.29, 1.82) is 0 Å². The van der Waals surface area contributed by atoms with E-state index in [4.69, 9.17) is 10.9 Å². The van der Waals surface area contributed by atoms with Crippen molar-refractivity contribution in [2.24, 2.45) is 10.9 Å². The summed E-state index contributed by atoms with van der Waals surface area (Å²) in [6, 6.07) is 0. The molecule has 5 nitrogen and oxygen atoms in total. The van der Waals surface area contributed by atoms with Crippen molar-refractivity contribution in [3.05, 3.63) is 17.0 Å². The lowest BCUT2D eigenvalue weighted by Crippen LogP contribution is -2.20. The molecule has 0 saturated heterocycles. The zero-order valence-electron chi connectivity index (χ0n) is 9.54. The number of nitrogens with zero attached hydrogens (tertiary/aromatic N) is 3. The second-order valence-corrected chi connectivity index (χ2v) is 4.19. The van der Waals surface area contributed by atoms with Crippen LogP contribution < -0.4 is 5.73 Å². The molecule has 1 aliphatic rings.